The van der Waals surface area contributed by atoms with Crippen molar-refractivity contribution < 1.29 is 9.21 Å². The maximum absolute atomic E-state index is 11.2. The van der Waals surface area contributed by atoms with Crippen molar-refractivity contribution in [3.05, 3.63) is 23.7 Å². The first-order valence-electron chi connectivity index (χ1n) is 5.16. The summed E-state index contributed by atoms with van der Waals surface area (Å²) in [6, 6.07) is 5.62. The van der Waals surface area contributed by atoms with Gasteiger partial charge in [0, 0.05) is 12.0 Å². The molecule has 4 nitrogen and oxygen atoms in total. The number of hydrogen-bond donors (Lipinski definition) is 1. The molecular weight excluding hydrogens is 204 g/mol. The van der Waals surface area contributed by atoms with Gasteiger partial charge < -0.3 is 9.73 Å². The number of aryl methyl sites for hydroxylation is 1. The van der Waals surface area contributed by atoms with Gasteiger partial charge in [0.1, 0.15) is 17.9 Å². The predicted molar refractivity (Wildman–Crippen MR) is 59.7 cm³/mol. The van der Waals surface area contributed by atoms with Crippen LogP contribution in [-0.4, -0.2) is 12.5 Å². The van der Waals surface area contributed by atoms with Crippen LogP contribution in [0.15, 0.2) is 16.5 Å². The Kier molecular flexibility index (Phi) is 3.73. The molecule has 0 radical (unpaired) electrons. The number of amides is 1. The van der Waals surface area contributed by atoms with Crippen molar-refractivity contribution in [3.63, 3.8) is 0 Å². The van der Waals surface area contributed by atoms with Crippen LogP contribution in [0.25, 0.3) is 0 Å². The zero-order valence-electron chi connectivity index (χ0n) is 9.83. The number of carbonyl (C=O) groups is 1. The average Bonchev–Trinajstić information content (AvgIpc) is 2.63. The van der Waals surface area contributed by atoms with Crippen LogP contribution in [0.4, 0.5) is 0 Å². The molecule has 0 aliphatic heterocycles. The summed E-state index contributed by atoms with van der Waals surface area (Å²) in [6.07, 6.45) is -0.104. The zero-order chi connectivity index (χ0) is 12.2. The Labute approximate surface area is 95.2 Å². The van der Waals surface area contributed by atoms with E-state index in [0.717, 1.165) is 11.5 Å². The number of rotatable bonds is 4. The van der Waals surface area contributed by atoms with Crippen molar-refractivity contribution in [1.82, 2.24) is 5.32 Å². The van der Waals surface area contributed by atoms with Crippen LogP contribution in [-0.2, 0) is 10.2 Å². The van der Waals surface area contributed by atoms with Crippen molar-refractivity contribution in [2.75, 3.05) is 6.54 Å². The third kappa shape index (κ3) is 3.13. The van der Waals surface area contributed by atoms with Gasteiger partial charge in [0.2, 0.25) is 5.91 Å². The van der Waals surface area contributed by atoms with Gasteiger partial charge in [-0.3, -0.25) is 4.79 Å². The molecule has 0 unspecified atom stereocenters. The Morgan fingerprint density at radius 1 is 1.56 bits per heavy atom. The minimum atomic E-state index is -0.265. The van der Waals surface area contributed by atoms with E-state index in [9.17, 15) is 4.79 Å². The van der Waals surface area contributed by atoms with Gasteiger partial charge in [-0.05, 0) is 19.1 Å². The van der Waals surface area contributed by atoms with E-state index >= 15 is 0 Å². The third-order valence-corrected chi connectivity index (χ3v) is 2.37. The highest BCUT2D eigenvalue weighted by Gasteiger charge is 2.24. The smallest absolute Gasteiger partial charge is 0.234 e. The van der Waals surface area contributed by atoms with E-state index in [2.05, 4.69) is 5.32 Å². The first-order valence-corrected chi connectivity index (χ1v) is 5.16. The van der Waals surface area contributed by atoms with E-state index in [-0.39, 0.29) is 17.7 Å². The van der Waals surface area contributed by atoms with E-state index in [1.165, 1.54) is 0 Å². The van der Waals surface area contributed by atoms with E-state index < -0.39 is 0 Å². The summed E-state index contributed by atoms with van der Waals surface area (Å²) < 4.78 is 5.52. The predicted octanol–water partition coefficient (Wildman–Crippen LogP) is 1.90. The zero-order valence-corrected chi connectivity index (χ0v) is 9.83. The number of nitrogens with one attached hydrogen (secondary N) is 1. The van der Waals surface area contributed by atoms with Crippen LogP contribution in [0.5, 0.6) is 0 Å². The Bertz CT molecular complexity index is 413. The molecule has 0 aliphatic carbocycles. The summed E-state index contributed by atoms with van der Waals surface area (Å²) in [4.78, 5) is 11.2. The molecular formula is C12H16N2O2. The van der Waals surface area contributed by atoms with Gasteiger partial charge in [-0.15, -0.1) is 0 Å². The Morgan fingerprint density at radius 2 is 2.25 bits per heavy atom. The molecule has 1 aromatic heterocycles. The van der Waals surface area contributed by atoms with Crippen molar-refractivity contribution >= 4 is 5.91 Å². The van der Waals surface area contributed by atoms with Gasteiger partial charge in [-0.2, -0.15) is 5.26 Å². The maximum Gasteiger partial charge on any atom is 0.234 e. The lowest BCUT2D eigenvalue weighted by atomic mass is 9.90. The molecule has 4 heteroatoms. The second-order valence-corrected chi connectivity index (χ2v) is 4.41. The number of furan rings is 1. The highest BCUT2D eigenvalue weighted by atomic mass is 16.3. The first-order chi connectivity index (χ1) is 7.45. The lowest BCUT2D eigenvalue weighted by Gasteiger charge is -2.22. The highest BCUT2D eigenvalue weighted by molar-refractivity contribution is 5.78. The molecule has 1 amide bonds. The average molecular weight is 220 g/mol. The first kappa shape index (κ1) is 12.3. The molecule has 1 rings (SSSR count). The van der Waals surface area contributed by atoms with Crippen molar-refractivity contribution in [2.45, 2.75) is 32.6 Å². The molecule has 0 spiro atoms. The SMILES string of the molecule is Cc1ccc(C(C)(C)CNC(=O)CC#N)o1. The Morgan fingerprint density at radius 3 is 2.75 bits per heavy atom. The van der Waals surface area contributed by atoms with Crippen LogP contribution < -0.4 is 5.32 Å². The van der Waals surface area contributed by atoms with Crippen molar-refractivity contribution in [1.29, 1.82) is 5.26 Å². The lowest BCUT2D eigenvalue weighted by Crippen LogP contribution is -2.36. The fourth-order valence-corrected chi connectivity index (χ4v) is 1.34. The van der Waals surface area contributed by atoms with Gasteiger partial charge in [-0.1, -0.05) is 13.8 Å². The monoisotopic (exact) mass is 220 g/mol. The fourth-order valence-electron chi connectivity index (χ4n) is 1.34. The van der Waals surface area contributed by atoms with Gasteiger partial charge in [-0.25, -0.2) is 0 Å². The molecule has 0 saturated carbocycles. The molecule has 1 aromatic rings. The summed E-state index contributed by atoms with van der Waals surface area (Å²) in [5, 5.41) is 11.1. The van der Waals surface area contributed by atoms with Gasteiger partial charge in [0.15, 0.2) is 0 Å². The summed E-state index contributed by atoms with van der Waals surface area (Å²) in [5.41, 5.74) is -0.265. The molecule has 0 atom stereocenters. The molecule has 0 saturated heterocycles. The van der Waals surface area contributed by atoms with Crippen LogP contribution in [0, 0.1) is 18.3 Å². The van der Waals surface area contributed by atoms with E-state index in [4.69, 9.17) is 9.68 Å². The van der Waals surface area contributed by atoms with Crippen LogP contribution in [0.2, 0.25) is 0 Å². The lowest BCUT2D eigenvalue weighted by molar-refractivity contribution is -0.120. The van der Waals surface area contributed by atoms with Gasteiger partial charge in [0.05, 0.1) is 6.07 Å². The second kappa shape index (κ2) is 4.84. The van der Waals surface area contributed by atoms with Crippen LogP contribution >= 0.6 is 0 Å². The molecule has 86 valence electrons. The molecule has 0 fully saturated rings. The second-order valence-electron chi connectivity index (χ2n) is 4.41. The minimum Gasteiger partial charge on any atom is -0.466 e. The summed E-state index contributed by atoms with van der Waals surface area (Å²) in [5.74, 6) is 1.44. The molecule has 0 aromatic carbocycles. The van der Waals surface area contributed by atoms with Crippen molar-refractivity contribution in [2.24, 2.45) is 0 Å². The third-order valence-electron chi connectivity index (χ3n) is 2.37. The van der Waals surface area contributed by atoms with E-state index in [0.29, 0.717) is 6.54 Å². The molecule has 16 heavy (non-hydrogen) atoms. The van der Waals surface area contributed by atoms with E-state index in [1.807, 2.05) is 39.0 Å². The van der Waals surface area contributed by atoms with E-state index in [1.54, 1.807) is 0 Å². The summed E-state index contributed by atoms with van der Waals surface area (Å²) >= 11 is 0. The summed E-state index contributed by atoms with van der Waals surface area (Å²) in [6.45, 7) is 6.31. The number of hydrogen-bond acceptors (Lipinski definition) is 3. The molecule has 1 heterocycles. The fraction of sp³-hybridized carbons (Fsp3) is 0.500. The summed E-state index contributed by atoms with van der Waals surface area (Å²) in [7, 11) is 0. The van der Waals surface area contributed by atoms with Crippen LogP contribution in [0.3, 0.4) is 0 Å². The van der Waals surface area contributed by atoms with Gasteiger partial charge >= 0.3 is 0 Å². The topological polar surface area (TPSA) is 66.0 Å². The number of nitriles is 1. The largest absolute Gasteiger partial charge is 0.466 e. The molecule has 1 N–H and O–H groups in total. The highest BCUT2D eigenvalue weighted by Crippen LogP contribution is 2.24. The Balaban J connectivity index is 2.59. The number of carbonyl (C=O) groups excluding carboxylic acids is 1. The normalized spacial score (nSPS) is 10.9. The maximum atomic E-state index is 11.2. The Hall–Kier alpha value is -1.76. The van der Waals surface area contributed by atoms with Crippen LogP contribution in [0.1, 0.15) is 31.8 Å². The van der Waals surface area contributed by atoms with Gasteiger partial charge in [0.25, 0.3) is 0 Å². The molecule has 0 bridgehead atoms. The molecule has 0 aliphatic rings. The van der Waals surface area contributed by atoms with Crippen molar-refractivity contribution in [3.8, 4) is 6.07 Å². The minimum absolute atomic E-state index is 0.104. The standard InChI is InChI=1S/C12H16N2O2/c1-9-4-5-10(16-9)12(2,3)8-14-11(15)6-7-13/h4-5H,6,8H2,1-3H3,(H,14,15). The number of nitrogens with zero attached hydrogens (tertiary/aromatic N) is 1. The quantitative estimate of drug-likeness (QED) is 0.842.